The van der Waals surface area contributed by atoms with Crippen molar-refractivity contribution in [2.45, 2.75) is 19.0 Å². The molecule has 2 fully saturated rings. The molecule has 2 aliphatic rings. The molecule has 2 heterocycles. The number of carbonyl (C=O) groups is 1. The molecule has 0 aliphatic carbocycles. The van der Waals surface area contributed by atoms with E-state index in [2.05, 4.69) is 4.90 Å². The van der Waals surface area contributed by atoms with Crippen molar-refractivity contribution < 1.29 is 26.4 Å². The van der Waals surface area contributed by atoms with Crippen LogP contribution in [0.1, 0.15) is 24.0 Å². The summed E-state index contributed by atoms with van der Waals surface area (Å²) in [5.74, 6) is -0.425. The maximum Gasteiger partial charge on any atom is 0.417 e. The lowest BCUT2D eigenvalue weighted by Crippen LogP contribution is -2.48. The third-order valence-electron chi connectivity index (χ3n) is 6.37. The normalized spacial score (nSPS) is 18.1. The van der Waals surface area contributed by atoms with E-state index in [9.17, 15) is 26.4 Å². The molecule has 2 saturated heterocycles. The summed E-state index contributed by atoms with van der Waals surface area (Å²) in [6, 6.07) is 12.0. The number of nitrogens with zero attached hydrogens (tertiary/aromatic N) is 5. The van der Waals surface area contributed by atoms with Crippen LogP contribution in [0.2, 0.25) is 0 Å². The highest BCUT2D eigenvalue weighted by Crippen LogP contribution is 2.36. The first kappa shape index (κ1) is 26.8. The van der Waals surface area contributed by atoms with E-state index < -0.39 is 33.2 Å². The van der Waals surface area contributed by atoms with Gasteiger partial charge in [-0.05, 0) is 61.1 Å². The topological polar surface area (TPSA) is 88.0 Å². The minimum Gasteiger partial charge on any atom is -0.369 e. The maximum atomic E-state index is 13.5. The van der Waals surface area contributed by atoms with Crippen LogP contribution in [0.5, 0.6) is 0 Å². The van der Waals surface area contributed by atoms with Crippen molar-refractivity contribution in [1.82, 2.24) is 4.31 Å². The molecular formula is C24H24F3N5O3S2. The maximum absolute atomic E-state index is 13.5. The molecule has 196 valence electrons. The van der Waals surface area contributed by atoms with Crippen LogP contribution in [0.15, 0.2) is 42.5 Å². The lowest BCUT2D eigenvalue weighted by Gasteiger charge is -2.35. The van der Waals surface area contributed by atoms with Crippen LogP contribution in [0, 0.1) is 11.3 Å². The van der Waals surface area contributed by atoms with Crippen molar-refractivity contribution in [3.05, 3.63) is 53.6 Å². The molecule has 0 aromatic heterocycles. The van der Waals surface area contributed by atoms with E-state index in [1.165, 1.54) is 16.6 Å². The number of carbonyl (C=O) groups excluding carboxylic acids is 1. The summed E-state index contributed by atoms with van der Waals surface area (Å²) in [5.41, 5.74) is -0.137. The average Bonchev–Trinajstić information content (AvgIpc) is 3.00. The highest BCUT2D eigenvalue weighted by Gasteiger charge is 2.36. The van der Waals surface area contributed by atoms with Crippen molar-refractivity contribution in [2.75, 3.05) is 53.7 Å². The molecule has 1 amide bonds. The van der Waals surface area contributed by atoms with Gasteiger partial charge in [-0.2, -0.15) is 22.7 Å². The van der Waals surface area contributed by atoms with Gasteiger partial charge in [0, 0.05) is 50.5 Å². The molecule has 0 atom stereocenters. The predicted molar refractivity (Wildman–Crippen MR) is 138 cm³/mol. The zero-order chi connectivity index (χ0) is 27.0. The summed E-state index contributed by atoms with van der Waals surface area (Å²) >= 11 is 5.59. The smallest absolute Gasteiger partial charge is 0.369 e. The van der Waals surface area contributed by atoms with Crippen molar-refractivity contribution in [3.63, 3.8) is 0 Å². The molecule has 4 rings (SSSR count). The first-order chi connectivity index (χ1) is 17.4. The van der Waals surface area contributed by atoms with Gasteiger partial charge in [0.2, 0.25) is 15.9 Å². The van der Waals surface area contributed by atoms with E-state index in [-0.39, 0.29) is 17.2 Å². The number of anilines is 3. The van der Waals surface area contributed by atoms with Gasteiger partial charge >= 0.3 is 6.18 Å². The first-order valence-electron chi connectivity index (χ1n) is 11.5. The minimum absolute atomic E-state index is 0.0476. The Hall–Kier alpha value is -3.21. The van der Waals surface area contributed by atoms with Crippen molar-refractivity contribution >= 4 is 50.3 Å². The van der Waals surface area contributed by atoms with Gasteiger partial charge in [-0.3, -0.25) is 9.69 Å². The van der Waals surface area contributed by atoms with E-state index in [0.717, 1.165) is 22.7 Å². The SMILES string of the molecule is CS(=O)(=O)N1CCN(c2ccc(N3CCCC(=O)N(c4ccc(C#N)c(C(F)(F)F)c4)C3=S)cc2)CC1. The number of nitriles is 1. The zero-order valence-corrected chi connectivity index (χ0v) is 21.5. The number of alkyl halides is 3. The fourth-order valence-electron chi connectivity index (χ4n) is 4.44. The van der Waals surface area contributed by atoms with E-state index in [0.29, 0.717) is 44.8 Å². The lowest BCUT2D eigenvalue weighted by molar-refractivity contribution is -0.137. The van der Waals surface area contributed by atoms with Crippen LogP contribution in [-0.4, -0.2) is 62.7 Å². The van der Waals surface area contributed by atoms with Gasteiger partial charge in [-0.25, -0.2) is 8.42 Å². The molecule has 0 radical (unpaired) electrons. The number of rotatable bonds is 4. The third-order valence-corrected chi connectivity index (χ3v) is 8.07. The summed E-state index contributed by atoms with van der Waals surface area (Å²) in [6.45, 7) is 2.25. The summed E-state index contributed by atoms with van der Waals surface area (Å²) in [4.78, 5) is 17.8. The average molecular weight is 552 g/mol. The monoisotopic (exact) mass is 551 g/mol. The molecule has 2 aromatic rings. The Morgan fingerprint density at radius 1 is 0.946 bits per heavy atom. The Bertz CT molecular complexity index is 1350. The van der Waals surface area contributed by atoms with Crippen molar-refractivity contribution in [1.29, 1.82) is 5.26 Å². The Labute approximate surface area is 218 Å². The number of hydrogen-bond acceptors (Lipinski definition) is 6. The number of piperazine rings is 1. The van der Waals surface area contributed by atoms with Gasteiger partial charge in [0.1, 0.15) is 0 Å². The fourth-order valence-corrected chi connectivity index (χ4v) is 5.67. The quantitative estimate of drug-likeness (QED) is 0.537. The molecule has 0 bridgehead atoms. The highest BCUT2D eigenvalue weighted by atomic mass is 32.2. The number of hydrogen-bond donors (Lipinski definition) is 0. The molecule has 0 unspecified atom stereocenters. The Morgan fingerprint density at radius 3 is 2.11 bits per heavy atom. The van der Waals surface area contributed by atoms with Gasteiger partial charge in [-0.1, -0.05) is 0 Å². The summed E-state index contributed by atoms with van der Waals surface area (Å²) in [6.07, 6.45) is -3.02. The molecule has 2 aliphatic heterocycles. The summed E-state index contributed by atoms with van der Waals surface area (Å²) in [5, 5.41) is 9.14. The van der Waals surface area contributed by atoms with Gasteiger partial charge in [-0.15, -0.1) is 0 Å². The number of thiocarbonyl (C=S) groups is 1. The Kier molecular flexibility index (Phi) is 7.45. The summed E-state index contributed by atoms with van der Waals surface area (Å²) in [7, 11) is -3.23. The van der Waals surface area contributed by atoms with Crippen LogP contribution < -0.4 is 14.7 Å². The molecule has 2 aromatic carbocycles. The lowest BCUT2D eigenvalue weighted by atomic mass is 10.1. The number of benzene rings is 2. The molecule has 0 spiro atoms. The molecule has 13 heteroatoms. The summed E-state index contributed by atoms with van der Waals surface area (Å²) < 4.78 is 65.5. The van der Waals surface area contributed by atoms with E-state index >= 15 is 0 Å². The number of sulfonamides is 1. The van der Waals surface area contributed by atoms with E-state index in [1.54, 1.807) is 11.0 Å². The Morgan fingerprint density at radius 2 is 1.54 bits per heavy atom. The zero-order valence-electron chi connectivity index (χ0n) is 19.9. The van der Waals surface area contributed by atoms with Crippen LogP contribution in [-0.2, 0) is 21.0 Å². The molecular weight excluding hydrogens is 527 g/mol. The van der Waals surface area contributed by atoms with Gasteiger partial charge in [0.25, 0.3) is 0 Å². The van der Waals surface area contributed by atoms with E-state index in [1.807, 2.05) is 24.3 Å². The number of amides is 1. The van der Waals surface area contributed by atoms with Gasteiger partial charge < -0.3 is 9.80 Å². The highest BCUT2D eigenvalue weighted by molar-refractivity contribution is 7.88. The Balaban J connectivity index is 1.57. The fraction of sp³-hybridized carbons (Fsp3) is 0.375. The predicted octanol–water partition coefficient (Wildman–Crippen LogP) is 3.58. The molecule has 8 nitrogen and oxygen atoms in total. The van der Waals surface area contributed by atoms with Gasteiger partial charge in [0.15, 0.2) is 5.11 Å². The molecule has 0 saturated carbocycles. The minimum atomic E-state index is -4.76. The van der Waals surface area contributed by atoms with Crippen molar-refractivity contribution in [3.8, 4) is 6.07 Å². The van der Waals surface area contributed by atoms with Crippen LogP contribution in [0.3, 0.4) is 0 Å². The second-order valence-corrected chi connectivity index (χ2v) is 11.1. The second kappa shape index (κ2) is 10.3. The molecule has 0 N–H and O–H groups in total. The molecule has 37 heavy (non-hydrogen) atoms. The third kappa shape index (κ3) is 5.71. The first-order valence-corrected chi connectivity index (χ1v) is 13.7. The largest absolute Gasteiger partial charge is 0.417 e. The second-order valence-electron chi connectivity index (χ2n) is 8.77. The van der Waals surface area contributed by atoms with Crippen molar-refractivity contribution in [2.24, 2.45) is 0 Å². The van der Waals surface area contributed by atoms with Crippen LogP contribution in [0.4, 0.5) is 30.2 Å². The van der Waals surface area contributed by atoms with E-state index in [4.69, 9.17) is 17.5 Å². The number of halogens is 3. The standard InChI is InChI=1S/C24H24F3N5O3S2/c1-37(34,35)30-13-11-29(12-14-30)18-6-8-19(9-7-18)31-10-2-3-22(33)32(23(31)36)20-5-4-17(16-28)21(15-20)24(25,26)27/h4-9,15H,2-3,10-14H2,1H3. The van der Waals surface area contributed by atoms with Gasteiger partial charge in [0.05, 0.1) is 29.1 Å². The van der Waals surface area contributed by atoms with Crippen LogP contribution >= 0.6 is 12.2 Å². The van der Waals surface area contributed by atoms with Crippen LogP contribution in [0.25, 0.3) is 0 Å².